The molecule has 110 valence electrons. The molecule has 3 amide bonds. The second-order valence-electron chi connectivity index (χ2n) is 6.27. The number of nitrogens with zero attached hydrogens (tertiary/aromatic N) is 1. The molecule has 2 N–H and O–H groups in total. The first-order chi connectivity index (χ1) is 8.81. The van der Waals surface area contributed by atoms with Crippen LogP contribution in [0.1, 0.15) is 47.0 Å². The topological polar surface area (TPSA) is 61.4 Å². The Labute approximate surface area is 116 Å². The van der Waals surface area contributed by atoms with Gasteiger partial charge < -0.3 is 15.5 Å². The summed E-state index contributed by atoms with van der Waals surface area (Å²) in [5.41, 5.74) is -0.191. The summed E-state index contributed by atoms with van der Waals surface area (Å²) in [6, 6.07) is 0.0172. The molecule has 19 heavy (non-hydrogen) atoms. The highest BCUT2D eigenvalue weighted by Crippen LogP contribution is 2.17. The van der Waals surface area contributed by atoms with Crippen molar-refractivity contribution in [3.05, 3.63) is 0 Å². The number of rotatable bonds is 3. The first kappa shape index (κ1) is 15.8. The minimum absolute atomic E-state index is 0.0172. The van der Waals surface area contributed by atoms with Crippen molar-refractivity contribution in [2.45, 2.75) is 52.5 Å². The highest BCUT2D eigenvalue weighted by Gasteiger charge is 2.25. The van der Waals surface area contributed by atoms with Gasteiger partial charge in [-0.2, -0.15) is 0 Å². The molecule has 0 aromatic carbocycles. The summed E-state index contributed by atoms with van der Waals surface area (Å²) in [6.45, 7) is 10.1. The lowest BCUT2D eigenvalue weighted by Gasteiger charge is -2.34. The van der Waals surface area contributed by atoms with Crippen molar-refractivity contribution in [3.63, 3.8) is 0 Å². The van der Waals surface area contributed by atoms with Crippen LogP contribution in [0.5, 0.6) is 0 Å². The molecule has 0 aromatic heterocycles. The van der Waals surface area contributed by atoms with Crippen LogP contribution in [-0.2, 0) is 4.79 Å². The summed E-state index contributed by atoms with van der Waals surface area (Å²) >= 11 is 0. The highest BCUT2D eigenvalue weighted by molar-refractivity contribution is 5.75. The molecule has 1 aliphatic heterocycles. The van der Waals surface area contributed by atoms with Crippen LogP contribution in [0.25, 0.3) is 0 Å². The number of hydrogen-bond acceptors (Lipinski definition) is 2. The van der Waals surface area contributed by atoms with Gasteiger partial charge in [-0.3, -0.25) is 4.79 Å². The van der Waals surface area contributed by atoms with E-state index in [2.05, 4.69) is 10.6 Å². The normalized spacial score (nSPS) is 17.2. The molecule has 0 unspecified atom stereocenters. The number of likely N-dealkylation sites (tertiary alicyclic amines) is 1. The largest absolute Gasteiger partial charge is 0.356 e. The summed E-state index contributed by atoms with van der Waals surface area (Å²) in [6.07, 6.45) is 2.45. The van der Waals surface area contributed by atoms with Gasteiger partial charge in [-0.1, -0.05) is 6.92 Å². The molecule has 0 atom stereocenters. The van der Waals surface area contributed by atoms with E-state index in [-0.39, 0.29) is 17.5 Å². The highest BCUT2D eigenvalue weighted by atomic mass is 16.2. The van der Waals surface area contributed by atoms with Crippen molar-refractivity contribution in [2.75, 3.05) is 19.6 Å². The maximum absolute atomic E-state index is 12.0. The summed E-state index contributed by atoms with van der Waals surface area (Å²) < 4.78 is 0. The summed E-state index contributed by atoms with van der Waals surface area (Å²) in [5, 5.41) is 5.91. The van der Waals surface area contributed by atoms with Crippen LogP contribution >= 0.6 is 0 Å². The van der Waals surface area contributed by atoms with E-state index in [1.165, 1.54) is 0 Å². The Morgan fingerprint density at radius 3 is 2.26 bits per heavy atom. The van der Waals surface area contributed by atoms with Crippen LogP contribution in [0.3, 0.4) is 0 Å². The first-order valence-electron chi connectivity index (χ1n) is 7.15. The lowest BCUT2D eigenvalue weighted by Crippen LogP contribution is -2.51. The fraction of sp³-hybridized carbons (Fsp3) is 0.857. The SMILES string of the molecule is CCC(=O)NCC1CCN(C(=O)NC(C)(C)C)CC1. The number of amides is 3. The van der Waals surface area contributed by atoms with Crippen LogP contribution < -0.4 is 10.6 Å². The van der Waals surface area contributed by atoms with Gasteiger partial charge in [-0.25, -0.2) is 4.79 Å². The van der Waals surface area contributed by atoms with Gasteiger partial charge in [0.25, 0.3) is 0 Å². The lowest BCUT2D eigenvalue weighted by atomic mass is 9.97. The Morgan fingerprint density at radius 2 is 1.79 bits per heavy atom. The number of urea groups is 1. The minimum atomic E-state index is -0.191. The van der Waals surface area contributed by atoms with Gasteiger partial charge in [0.1, 0.15) is 0 Å². The molecule has 1 saturated heterocycles. The van der Waals surface area contributed by atoms with E-state index in [0.717, 1.165) is 32.5 Å². The molecule has 1 rings (SSSR count). The van der Waals surface area contributed by atoms with Crippen molar-refractivity contribution < 1.29 is 9.59 Å². The predicted molar refractivity (Wildman–Crippen MR) is 75.9 cm³/mol. The number of hydrogen-bond donors (Lipinski definition) is 2. The minimum Gasteiger partial charge on any atom is -0.356 e. The average Bonchev–Trinajstić information content (AvgIpc) is 2.34. The molecule has 1 heterocycles. The van der Waals surface area contributed by atoms with Crippen LogP contribution in [0.4, 0.5) is 4.79 Å². The standard InChI is InChI=1S/C14H27N3O2/c1-5-12(18)15-10-11-6-8-17(9-7-11)13(19)16-14(2,3)4/h11H,5-10H2,1-4H3,(H,15,18)(H,16,19). The van der Waals surface area contributed by atoms with Crippen molar-refractivity contribution in [2.24, 2.45) is 5.92 Å². The average molecular weight is 269 g/mol. The first-order valence-corrected chi connectivity index (χ1v) is 7.15. The van der Waals surface area contributed by atoms with Crippen molar-refractivity contribution >= 4 is 11.9 Å². The fourth-order valence-corrected chi connectivity index (χ4v) is 2.12. The number of carbonyl (C=O) groups is 2. The molecule has 5 nitrogen and oxygen atoms in total. The predicted octanol–water partition coefficient (Wildman–Crippen LogP) is 1.73. The lowest BCUT2D eigenvalue weighted by molar-refractivity contribution is -0.121. The zero-order chi connectivity index (χ0) is 14.5. The molecule has 0 saturated carbocycles. The molecule has 0 bridgehead atoms. The van der Waals surface area contributed by atoms with Crippen LogP contribution in [0.2, 0.25) is 0 Å². The van der Waals surface area contributed by atoms with Gasteiger partial charge in [0.2, 0.25) is 5.91 Å². The maximum atomic E-state index is 12.0. The Hall–Kier alpha value is -1.26. The molecule has 0 spiro atoms. The monoisotopic (exact) mass is 269 g/mol. The Morgan fingerprint density at radius 1 is 1.21 bits per heavy atom. The summed E-state index contributed by atoms with van der Waals surface area (Å²) in [4.78, 5) is 25.0. The number of nitrogens with one attached hydrogen (secondary N) is 2. The van der Waals surface area contributed by atoms with Crippen molar-refractivity contribution in [3.8, 4) is 0 Å². The van der Waals surface area contributed by atoms with Gasteiger partial charge in [0, 0.05) is 31.6 Å². The van der Waals surface area contributed by atoms with Gasteiger partial charge in [-0.15, -0.1) is 0 Å². The zero-order valence-corrected chi connectivity index (χ0v) is 12.6. The molecule has 0 radical (unpaired) electrons. The molecule has 1 fully saturated rings. The van der Waals surface area contributed by atoms with Gasteiger partial charge in [0.15, 0.2) is 0 Å². The van der Waals surface area contributed by atoms with E-state index in [0.29, 0.717) is 12.3 Å². The number of piperidine rings is 1. The molecule has 5 heteroatoms. The van der Waals surface area contributed by atoms with Crippen LogP contribution in [0.15, 0.2) is 0 Å². The Kier molecular flexibility index (Phi) is 5.63. The van der Waals surface area contributed by atoms with Crippen molar-refractivity contribution in [1.82, 2.24) is 15.5 Å². The maximum Gasteiger partial charge on any atom is 0.317 e. The summed E-state index contributed by atoms with van der Waals surface area (Å²) in [7, 11) is 0. The van der Waals surface area contributed by atoms with Crippen LogP contribution in [-0.4, -0.2) is 42.0 Å². The van der Waals surface area contributed by atoms with E-state index in [1.807, 2.05) is 32.6 Å². The molecular formula is C14H27N3O2. The number of carbonyl (C=O) groups excluding carboxylic acids is 2. The molecule has 1 aliphatic rings. The fourth-order valence-electron chi connectivity index (χ4n) is 2.12. The van der Waals surface area contributed by atoms with Crippen molar-refractivity contribution in [1.29, 1.82) is 0 Å². The van der Waals surface area contributed by atoms with E-state index in [4.69, 9.17) is 0 Å². The third kappa shape index (κ3) is 5.94. The molecule has 0 aliphatic carbocycles. The second-order valence-corrected chi connectivity index (χ2v) is 6.27. The van der Waals surface area contributed by atoms with E-state index in [1.54, 1.807) is 0 Å². The van der Waals surface area contributed by atoms with Gasteiger partial charge >= 0.3 is 6.03 Å². The molecular weight excluding hydrogens is 242 g/mol. The van der Waals surface area contributed by atoms with Gasteiger partial charge in [-0.05, 0) is 39.5 Å². The van der Waals surface area contributed by atoms with E-state index >= 15 is 0 Å². The summed E-state index contributed by atoms with van der Waals surface area (Å²) in [5.74, 6) is 0.599. The quantitative estimate of drug-likeness (QED) is 0.819. The Bertz CT molecular complexity index is 315. The molecule has 0 aromatic rings. The smallest absolute Gasteiger partial charge is 0.317 e. The second kappa shape index (κ2) is 6.78. The third-order valence-electron chi connectivity index (χ3n) is 3.29. The van der Waals surface area contributed by atoms with E-state index in [9.17, 15) is 9.59 Å². The van der Waals surface area contributed by atoms with E-state index < -0.39 is 0 Å². The Balaban J connectivity index is 2.29. The zero-order valence-electron chi connectivity index (χ0n) is 12.6. The van der Waals surface area contributed by atoms with Crippen LogP contribution in [0, 0.1) is 5.92 Å². The third-order valence-corrected chi connectivity index (χ3v) is 3.29. The van der Waals surface area contributed by atoms with Gasteiger partial charge in [0.05, 0.1) is 0 Å².